The summed E-state index contributed by atoms with van der Waals surface area (Å²) in [6, 6.07) is 11.9. The molecule has 2 aromatic carbocycles. The number of benzene rings is 2. The van der Waals surface area contributed by atoms with Gasteiger partial charge in [-0.25, -0.2) is 14.6 Å². The number of carbonyl (C=O) groups is 2. The molecule has 0 saturated carbocycles. The molecule has 2 aromatic rings. The number of carboxylic acids is 1. The summed E-state index contributed by atoms with van der Waals surface area (Å²) in [5, 5.41) is 12.7. The highest BCUT2D eigenvalue weighted by Crippen LogP contribution is 2.14. The predicted octanol–water partition coefficient (Wildman–Crippen LogP) is 2.83. The number of ether oxygens (including phenoxy) is 1. The second-order valence-corrected chi connectivity index (χ2v) is 5.07. The molecule has 6 nitrogen and oxygen atoms in total. The number of aliphatic carboxylic acids is 1. The molecule has 0 spiro atoms. The van der Waals surface area contributed by atoms with Crippen LogP contribution < -0.4 is 10.2 Å². The highest BCUT2D eigenvalue weighted by atomic mass is 19.1. The van der Waals surface area contributed by atoms with Crippen LogP contribution in [0.5, 0.6) is 5.75 Å². The van der Waals surface area contributed by atoms with Gasteiger partial charge in [0.2, 0.25) is 0 Å². The fourth-order valence-corrected chi connectivity index (χ4v) is 2.02. The lowest BCUT2D eigenvalue weighted by molar-refractivity contribution is -0.139. The van der Waals surface area contributed by atoms with Crippen LogP contribution in [-0.2, 0) is 4.79 Å². The van der Waals surface area contributed by atoms with Crippen LogP contribution in [0.3, 0.4) is 0 Å². The number of hydrogen-bond acceptors (Lipinski definition) is 4. The van der Waals surface area contributed by atoms with Crippen LogP contribution in [0.25, 0.3) is 0 Å². The molecule has 7 heteroatoms. The minimum atomic E-state index is -1.05. The number of amides is 1. The number of hydrogen-bond donors (Lipinski definition) is 2. The van der Waals surface area contributed by atoms with E-state index < -0.39 is 24.3 Å². The summed E-state index contributed by atoms with van der Waals surface area (Å²) in [7, 11) is 0. The van der Waals surface area contributed by atoms with E-state index in [0.717, 1.165) is 5.56 Å². The van der Waals surface area contributed by atoms with E-state index in [4.69, 9.17) is 9.84 Å². The molecule has 0 fully saturated rings. The Morgan fingerprint density at radius 1 is 1.08 bits per heavy atom. The number of carboxylic acid groups (broad SMARTS) is 1. The minimum absolute atomic E-state index is 0.304. The van der Waals surface area contributed by atoms with Crippen molar-refractivity contribution in [3.63, 3.8) is 0 Å². The van der Waals surface area contributed by atoms with Crippen LogP contribution in [0.2, 0.25) is 0 Å². The zero-order valence-corrected chi connectivity index (χ0v) is 13.5. The van der Waals surface area contributed by atoms with Crippen molar-refractivity contribution in [1.82, 2.24) is 5.43 Å². The highest BCUT2D eigenvalue weighted by Gasteiger charge is 2.07. The summed E-state index contributed by atoms with van der Waals surface area (Å²) < 4.78 is 17.9. The maximum atomic E-state index is 12.9. The van der Waals surface area contributed by atoms with Crippen molar-refractivity contribution in [2.75, 3.05) is 6.61 Å². The number of rotatable bonds is 7. The molecular formula is C18H17FN2O4. The molecule has 0 saturated heterocycles. The first-order chi connectivity index (χ1) is 12.0. The summed E-state index contributed by atoms with van der Waals surface area (Å²) in [5.41, 5.74) is 4.15. The molecule has 0 aliphatic carbocycles. The molecule has 1 amide bonds. The van der Waals surface area contributed by atoms with Crippen LogP contribution in [0.4, 0.5) is 4.39 Å². The van der Waals surface area contributed by atoms with Crippen LogP contribution in [-0.4, -0.2) is 29.3 Å². The van der Waals surface area contributed by atoms with Gasteiger partial charge in [0.15, 0.2) is 6.61 Å². The molecule has 0 aromatic heterocycles. The summed E-state index contributed by atoms with van der Waals surface area (Å²) in [5.74, 6) is -1.48. The van der Waals surface area contributed by atoms with Gasteiger partial charge < -0.3 is 9.84 Å². The zero-order chi connectivity index (χ0) is 18.2. The fraction of sp³-hybridized carbons (Fsp3) is 0.167. The molecule has 0 heterocycles. The molecule has 25 heavy (non-hydrogen) atoms. The SMILES string of the molecule is CC/C(=N/NC(=O)c1ccc(F)cc1)c1ccc(OCC(=O)O)cc1. The quantitative estimate of drug-likeness (QED) is 0.597. The Balaban J connectivity index is 2.05. The number of carbonyl (C=O) groups excluding carboxylic acids is 1. The Bertz CT molecular complexity index is 771. The first kappa shape index (κ1) is 18.1. The second kappa shape index (κ2) is 8.58. The molecule has 0 aliphatic rings. The summed E-state index contributed by atoms with van der Waals surface area (Å²) in [6.07, 6.45) is 0.568. The van der Waals surface area contributed by atoms with Crippen molar-refractivity contribution < 1.29 is 23.8 Å². The smallest absolute Gasteiger partial charge is 0.341 e. The fourth-order valence-electron chi connectivity index (χ4n) is 2.02. The maximum Gasteiger partial charge on any atom is 0.341 e. The van der Waals surface area contributed by atoms with E-state index in [0.29, 0.717) is 23.4 Å². The van der Waals surface area contributed by atoms with E-state index in [-0.39, 0.29) is 0 Å². The largest absolute Gasteiger partial charge is 0.482 e. The molecule has 0 atom stereocenters. The average Bonchev–Trinajstić information content (AvgIpc) is 2.61. The van der Waals surface area contributed by atoms with Crippen LogP contribution >= 0.6 is 0 Å². The van der Waals surface area contributed by atoms with Gasteiger partial charge in [-0.1, -0.05) is 6.92 Å². The normalized spacial score (nSPS) is 11.0. The summed E-state index contributed by atoms with van der Waals surface area (Å²) in [6.45, 7) is 1.47. The van der Waals surface area contributed by atoms with Gasteiger partial charge in [0, 0.05) is 5.56 Å². The summed E-state index contributed by atoms with van der Waals surface area (Å²) in [4.78, 5) is 22.5. The number of nitrogens with zero attached hydrogens (tertiary/aromatic N) is 1. The van der Waals surface area contributed by atoms with Crippen molar-refractivity contribution in [2.24, 2.45) is 5.10 Å². The van der Waals surface area contributed by atoms with Crippen LogP contribution in [0, 0.1) is 5.82 Å². The Kier molecular flexibility index (Phi) is 6.22. The van der Waals surface area contributed by atoms with Gasteiger partial charge in [-0.3, -0.25) is 4.79 Å². The molecule has 0 bridgehead atoms. The van der Waals surface area contributed by atoms with Crippen LogP contribution in [0.15, 0.2) is 53.6 Å². The van der Waals surface area contributed by atoms with Crippen molar-refractivity contribution in [1.29, 1.82) is 0 Å². The van der Waals surface area contributed by atoms with Gasteiger partial charge in [0.25, 0.3) is 5.91 Å². The Hall–Kier alpha value is -3.22. The van der Waals surface area contributed by atoms with Gasteiger partial charge in [-0.15, -0.1) is 0 Å². The monoisotopic (exact) mass is 344 g/mol. The topological polar surface area (TPSA) is 88.0 Å². The standard InChI is InChI=1S/C18H17FN2O4/c1-2-16(12-5-9-15(10-6-12)25-11-17(22)23)20-21-18(24)13-3-7-14(19)8-4-13/h3-10H,2,11H2,1H3,(H,21,24)(H,22,23)/b20-16-. The first-order valence-electron chi connectivity index (χ1n) is 7.57. The number of nitrogens with one attached hydrogen (secondary N) is 1. The Morgan fingerprint density at radius 2 is 1.68 bits per heavy atom. The van der Waals surface area contributed by atoms with E-state index >= 15 is 0 Å². The minimum Gasteiger partial charge on any atom is -0.482 e. The third kappa shape index (κ3) is 5.42. The number of halogens is 1. The second-order valence-electron chi connectivity index (χ2n) is 5.07. The van der Waals surface area contributed by atoms with Gasteiger partial charge in [0.1, 0.15) is 11.6 Å². The van der Waals surface area contributed by atoms with Crippen molar-refractivity contribution in [2.45, 2.75) is 13.3 Å². The van der Waals surface area contributed by atoms with Crippen molar-refractivity contribution in [3.05, 3.63) is 65.5 Å². The van der Waals surface area contributed by atoms with E-state index in [1.807, 2.05) is 6.92 Å². The lowest BCUT2D eigenvalue weighted by Gasteiger charge is -2.07. The molecule has 2 N–H and O–H groups in total. The molecule has 0 unspecified atom stereocenters. The number of hydrazone groups is 1. The van der Waals surface area contributed by atoms with Gasteiger partial charge in [-0.05, 0) is 60.5 Å². The lowest BCUT2D eigenvalue weighted by Crippen LogP contribution is -2.20. The molecule has 130 valence electrons. The van der Waals surface area contributed by atoms with Gasteiger partial charge >= 0.3 is 5.97 Å². The van der Waals surface area contributed by atoms with E-state index in [2.05, 4.69) is 10.5 Å². The Morgan fingerprint density at radius 3 is 2.24 bits per heavy atom. The lowest BCUT2D eigenvalue weighted by atomic mass is 10.1. The summed E-state index contributed by atoms with van der Waals surface area (Å²) >= 11 is 0. The predicted molar refractivity (Wildman–Crippen MR) is 90.3 cm³/mol. The molecule has 0 aliphatic heterocycles. The van der Waals surface area contributed by atoms with Crippen molar-refractivity contribution in [3.8, 4) is 5.75 Å². The van der Waals surface area contributed by atoms with Crippen LogP contribution in [0.1, 0.15) is 29.3 Å². The Labute approximate surface area is 143 Å². The average molecular weight is 344 g/mol. The van der Waals surface area contributed by atoms with Crippen molar-refractivity contribution >= 4 is 17.6 Å². The van der Waals surface area contributed by atoms with Gasteiger partial charge in [-0.2, -0.15) is 5.10 Å². The zero-order valence-electron chi connectivity index (χ0n) is 13.5. The first-order valence-corrected chi connectivity index (χ1v) is 7.57. The molecule has 2 rings (SSSR count). The maximum absolute atomic E-state index is 12.9. The van der Waals surface area contributed by atoms with E-state index in [1.165, 1.54) is 24.3 Å². The molecular weight excluding hydrogens is 327 g/mol. The van der Waals surface area contributed by atoms with Gasteiger partial charge in [0.05, 0.1) is 5.71 Å². The molecule has 0 radical (unpaired) electrons. The van der Waals surface area contributed by atoms with E-state index in [9.17, 15) is 14.0 Å². The highest BCUT2D eigenvalue weighted by molar-refractivity contribution is 6.02. The third-order valence-electron chi connectivity index (χ3n) is 3.28. The third-order valence-corrected chi connectivity index (χ3v) is 3.28. The van der Waals surface area contributed by atoms with E-state index in [1.54, 1.807) is 24.3 Å².